The molecular formula is C24H23N3O2S. The molecule has 0 amide bonds. The Morgan fingerprint density at radius 1 is 0.833 bits per heavy atom. The van der Waals surface area contributed by atoms with E-state index in [1.807, 2.05) is 42.5 Å². The van der Waals surface area contributed by atoms with Gasteiger partial charge >= 0.3 is 0 Å². The molecule has 30 heavy (non-hydrogen) atoms. The first-order valence-corrected chi connectivity index (χ1v) is 10.6. The number of hydrogen-bond acceptors (Lipinski definition) is 5. The van der Waals surface area contributed by atoms with Crippen molar-refractivity contribution in [2.45, 2.75) is 17.8 Å². The molecule has 1 heterocycles. The summed E-state index contributed by atoms with van der Waals surface area (Å²) in [5.41, 5.74) is 4.39. The minimum Gasteiger partial charge on any atom is -0.497 e. The average Bonchev–Trinajstić information content (AvgIpc) is 3.22. The fraction of sp³-hybridized carbons (Fsp3) is 0.167. The van der Waals surface area contributed by atoms with Crippen LogP contribution in [0.15, 0.2) is 78.0 Å². The summed E-state index contributed by atoms with van der Waals surface area (Å²) < 4.78 is 12.7. The van der Waals surface area contributed by atoms with Gasteiger partial charge in [0.25, 0.3) is 0 Å². The predicted octanol–water partition coefficient (Wildman–Crippen LogP) is 5.55. The molecule has 0 atom stereocenters. The number of thioether (sulfide) groups is 1. The number of aryl methyl sites for hydroxylation is 1. The zero-order valence-electron chi connectivity index (χ0n) is 17.2. The van der Waals surface area contributed by atoms with E-state index in [0.29, 0.717) is 0 Å². The van der Waals surface area contributed by atoms with Crippen LogP contribution in [0.3, 0.4) is 0 Å². The number of methoxy groups -OCH3 is 2. The highest BCUT2D eigenvalue weighted by molar-refractivity contribution is 7.98. The van der Waals surface area contributed by atoms with Crippen molar-refractivity contribution < 1.29 is 9.47 Å². The molecule has 0 unspecified atom stereocenters. The van der Waals surface area contributed by atoms with Crippen molar-refractivity contribution in [1.29, 1.82) is 0 Å². The van der Waals surface area contributed by atoms with Gasteiger partial charge in [-0.2, -0.15) is 0 Å². The van der Waals surface area contributed by atoms with E-state index in [1.165, 1.54) is 11.1 Å². The van der Waals surface area contributed by atoms with Gasteiger partial charge in [0.05, 0.1) is 14.2 Å². The fourth-order valence-corrected chi connectivity index (χ4v) is 4.02. The number of ether oxygens (including phenoxy) is 2. The summed E-state index contributed by atoms with van der Waals surface area (Å²) in [5.74, 6) is 3.24. The van der Waals surface area contributed by atoms with Crippen molar-refractivity contribution in [1.82, 2.24) is 14.8 Å². The molecule has 4 rings (SSSR count). The van der Waals surface area contributed by atoms with Crippen LogP contribution in [0.4, 0.5) is 0 Å². The van der Waals surface area contributed by atoms with Gasteiger partial charge in [0.15, 0.2) is 11.0 Å². The minimum absolute atomic E-state index is 0.763. The van der Waals surface area contributed by atoms with E-state index in [-0.39, 0.29) is 0 Å². The highest BCUT2D eigenvalue weighted by Crippen LogP contribution is 2.31. The molecule has 6 heteroatoms. The van der Waals surface area contributed by atoms with Gasteiger partial charge < -0.3 is 9.47 Å². The molecule has 0 aliphatic heterocycles. The van der Waals surface area contributed by atoms with E-state index in [0.717, 1.165) is 39.5 Å². The third-order valence-electron chi connectivity index (χ3n) is 4.78. The Morgan fingerprint density at radius 2 is 1.57 bits per heavy atom. The van der Waals surface area contributed by atoms with Crippen LogP contribution in [0, 0.1) is 6.92 Å². The molecule has 1 aromatic heterocycles. The molecule has 3 aromatic carbocycles. The van der Waals surface area contributed by atoms with Gasteiger partial charge in [0, 0.05) is 17.0 Å². The Kier molecular flexibility index (Phi) is 6.05. The van der Waals surface area contributed by atoms with Crippen LogP contribution in [-0.2, 0) is 5.75 Å². The van der Waals surface area contributed by atoms with Crippen LogP contribution in [0.5, 0.6) is 11.5 Å². The van der Waals surface area contributed by atoms with E-state index in [4.69, 9.17) is 9.47 Å². The molecule has 0 fully saturated rings. The first-order valence-electron chi connectivity index (χ1n) is 9.60. The van der Waals surface area contributed by atoms with Gasteiger partial charge in [-0.3, -0.25) is 4.57 Å². The van der Waals surface area contributed by atoms with Crippen LogP contribution in [0.25, 0.3) is 17.1 Å². The maximum atomic E-state index is 5.34. The van der Waals surface area contributed by atoms with Gasteiger partial charge in [-0.1, -0.05) is 53.7 Å². The van der Waals surface area contributed by atoms with E-state index in [2.05, 4.69) is 52.0 Å². The van der Waals surface area contributed by atoms with Crippen molar-refractivity contribution in [3.63, 3.8) is 0 Å². The summed E-state index contributed by atoms with van der Waals surface area (Å²) >= 11 is 1.65. The lowest BCUT2D eigenvalue weighted by Crippen LogP contribution is -2.00. The van der Waals surface area contributed by atoms with Crippen LogP contribution < -0.4 is 9.47 Å². The molecule has 4 aromatic rings. The third-order valence-corrected chi connectivity index (χ3v) is 5.78. The number of benzene rings is 3. The Labute approximate surface area is 180 Å². The van der Waals surface area contributed by atoms with E-state index >= 15 is 0 Å². The third kappa shape index (κ3) is 4.33. The highest BCUT2D eigenvalue weighted by atomic mass is 32.2. The Bertz CT molecular complexity index is 1120. The van der Waals surface area contributed by atoms with Crippen LogP contribution in [-0.4, -0.2) is 29.0 Å². The molecule has 0 aliphatic rings. The topological polar surface area (TPSA) is 49.2 Å². The largest absolute Gasteiger partial charge is 0.497 e. The van der Waals surface area contributed by atoms with Gasteiger partial charge in [0.2, 0.25) is 0 Å². The molecule has 0 aliphatic carbocycles. The SMILES string of the molecule is COc1ccc(-n2c(SCc3cccc(OC)c3)nnc2-c2ccc(C)cc2)cc1. The summed E-state index contributed by atoms with van der Waals surface area (Å²) in [4.78, 5) is 0. The quantitative estimate of drug-likeness (QED) is 0.369. The Balaban J connectivity index is 1.71. The predicted molar refractivity (Wildman–Crippen MR) is 121 cm³/mol. The van der Waals surface area contributed by atoms with Gasteiger partial charge in [-0.25, -0.2) is 0 Å². The Hall–Kier alpha value is -3.25. The monoisotopic (exact) mass is 417 g/mol. The van der Waals surface area contributed by atoms with Crippen molar-refractivity contribution in [3.8, 4) is 28.6 Å². The average molecular weight is 418 g/mol. The molecule has 152 valence electrons. The number of aromatic nitrogens is 3. The Morgan fingerprint density at radius 3 is 2.27 bits per heavy atom. The van der Waals surface area contributed by atoms with Gasteiger partial charge in [-0.05, 0) is 48.9 Å². The van der Waals surface area contributed by atoms with E-state index < -0.39 is 0 Å². The first kappa shape index (κ1) is 20.0. The summed E-state index contributed by atoms with van der Waals surface area (Å²) in [6.45, 7) is 2.08. The number of rotatable bonds is 7. The summed E-state index contributed by atoms with van der Waals surface area (Å²) in [6.07, 6.45) is 0. The highest BCUT2D eigenvalue weighted by Gasteiger charge is 2.16. The van der Waals surface area contributed by atoms with Crippen molar-refractivity contribution in [2.24, 2.45) is 0 Å². The lowest BCUT2D eigenvalue weighted by molar-refractivity contribution is 0.414. The van der Waals surface area contributed by atoms with E-state index in [1.54, 1.807) is 26.0 Å². The van der Waals surface area contributed by atoms with Gasteiger partial charge in [0.1, 0.15) is 11.5 Å². The van der Waals surface area contributed by atoms with Gasteiger partial charge in [-0.15, -0.1) is 10.2 Å². The standard InChI is InChI=1S/C24H23N3O2S/c1-17-7-9-19(10-8-17)23-25-26-24(27(23)20-11-13-21(28-2)14-12-20)30-16-18-5-4-6-22(15-18)29-3/h4-15H,16H2,1-3H3. The van der Waals surface area contributed by atoms with Crippen LogP contribution in [0.1, 0.15) is 11.1 Å². The van der Waals surface area contributed by atoms with E-state index in [9.17, 15) is 0 Å². The molecule has 5 nitrogen and oxygen atoms in total. The van der Waals surface area contributed by atoms with Crippen LogP contribution >= 0.6 is 11.8 Å². The number of nitrogens with zero attached hydrogens (tertiary/aromatic N) is 3. The summed E-state index contributed by atoms with van der Waals surface area (Å²) in [5, 5.41) is 9.85. The second-order valence-corrected chi connectivity index (χ2v) is 7.79. The first-order chi connectivity index (χ1) is 14.7. The zero-order valence-corrected chi connectivity index (χ0v) is 18.0. The van der Waals surface area contributed by atoms with Crippen molar-refractivity contribution in [3.05, 3.63) is 83.9 Å². The molecular weight excluding hydrogens is 394 g/mol. The maximum absolute atomic E-state index is 5.34. The molecule has 0 saturated heterocycles. The zero-order chi connectivity index (χ0) is 20.9. The molecule has 0 radical (unpaired) electrons. The number of hydrogen-bond donors (Lipinski definition) is 0. The molecule has 0 N–H and O–H groups in total. The normalized spacial score (nSPS) is 10.8. The molecule has 0 saturated carbocycles. The van der Waals surface area contributed by atoms with Crippen LogP contribution in [0.2, 0.25) is 0 Å². The second-order valence-electron chi connectivity index (χ2n) is 6.85. The van der Waals surface area contributed by atoms with Crippen molar-refractivity contribution in [2.75, 3.05) is 14.2 Å². The summed E-state index contributed by atoms with van der Waals surface area (Å²) in [6, 6.07) is 24.4. The lowest BCUT2D eigenvalue weighted by atomic mass is 10.1. The van der Waals surface area contributed by atoms with Crippen molar-refractivity contribution >= 4 is 11.8 Å². The smallest absolute Gasteiger partial charge is 0.196 e. The molecule has 0 spiro atoms. The minimum atomic E-state index is 0.763. The second kappa shape index (κ2) is 9.05. The summed E-state index contributed by atoms with van der Waals surface area (Å²) in [7, 11) is 3.35. The maximum Gasteiger partial charge on any atom is 0.196 e. The fourth-order valence-electron chi connectivity index (χ4n) is 3.13. The molecule has 0 bridgehead atoms. The lowest BCUT2D eigenvalue weighted by Gasteiger charge is -2.11.